The summed E-state index contributed by atoms with van der Waals surface area (Å²) in [4.78, 5) is 18.8. The first-order chi connectivity index (χ1) is 8.16. The fraction of sp³-hybridized carbons (Fsp3) is 0.583. The molecule has 0 bridgehead atoms. The van der Waals surface area contributed by atoms with Crippen LogP contribution in [0.15, 0.2) is 12.4 Å². The lowest BCUT2D eigenvalue weighted by Crippen LogP contribution is -2.16. The third-order valence-electron chi connectivity index (χ3n) is 3.26. The van der Waals surface area contributed by atoms with Gasteiger partial charge in [-0.05, 0) is 24.7 Å². The highest BCUT2D eigenvalue weighted by Crippen LogP contribution is 2.30. The number of aromatic carboxylic acids is 1. The maximum atomic E-state index is 10.9. The number of nitrogens with one attached hydrogen (secondary N) is 1. The van der Waals surface area contributed by atoms with Gasteiger partial charge in [0.1, 0.15) is 0 Å². The molecule has 2 N–H and O–H groups in total. The van der Waals surface area contributed by atoms with E-state index in [0.29, 0.717) is 11.7 Å². The Morgan fingerprint density at radius 1 is 1.47 bits per heavy atom. The highest BCUT2D eigenvalue weighted by atomic mass is 16.4. The molecule has 5 heteroatoms. The largest absolute Gasteiger partial charge is 0.476 e. The zero-order valence-electron chi connectivity index (χ0n) is 9.89. The van der Waals surface area contributed by atoms with Crippen LogP contribution in [0.25, 0.3) is 0 Å². The minimum absolute atomic E-state index is 0.00135. The van der Waals surface area contributed by atoms with Crippen LogP contribution in [0.1, 0.15) is 36.7 Å². The van der Waals surface area contributed by atoms with E-state index in [-0.39, 0.29) is 5.69 Å². The molecule has 1 fully saturated rings. The predicted molar refractivity (Wildman–Crippen MR) is 64.0 cm³/mol. The van der Waals surface area contributed by atoms with Crippen molar-refractivity contribution in [3.8, 4) is 0 Å². The van der Waals surface area contributed by atoms with Crippen LogP contribution < -0.4 is 5.32 Å². The highest BCUT2D eigenvalue weighted by molar-refractivity contribution is 5.90. The van der Waals surface area contributed by atoms with Crippen LogP contribution in [-0.2, 0) is 0 Å². The van der Waals surface area contributed by atoms with Gasteiger partial charge in [-0.15, -0.1) is 0 Å². The van der Waals surface area contributed by atoms with Crippen molar-refractivity contribution in [2.45, 2.75) is 26.2 Å². The van der Waals surface area contributed by atoms with E-state index in [1.807, 2.05) is 0 Å². The van der Waals surface area contributed by atoms with Crippen molar-refractivity contribution in [1.82, 2.24) is 9.97 Å². The van der Waals surface area contributed by atoms with Crippen LogP contribution >= 0.6 is 0 Å². The Kier molecular flexibility index (Phi) is 3.56. The molecule has 0 aromatic carbocycles. The maximum Gasteiger partial charge on any atom is 0.358 e. The zero-order chi connectivity index (χ0) is 12.3. The number of carboxylic acid groups (broad SMARTS) is 1. The average Bonchev–Trinajstić information content (AvgIpc) is 2.73. The highest BCUT2D eigenvalue weighted by Gasteiger charge is 2.22. The number of anilines is 1. The average molecular weight is 235 g/mol. The molecule has 5 nitrogen and oxygen atoms in total. The van der Waals surface area contributed by atoms with E-state index in [1.54, 1.807) is 0 Å². The minimum Gasteiger partial charge on any atom is -0.476 e. The van der Waals surface area contributed by atoms with Crippen molar-refractivity contribution < 1.29 is 9.90 Å². The molecule has 1 aromatic heterocycles. The van der Waals surface area contributed by atoms with Crippen molar-refractivity contribution in [1.29, 1.82) is 0 Å². The topological polar surface area (TPSA) is 75.1 Å². The maximum absolute atomic E-state index is 10.9. The summed E-state index contributed by atoms with van der Waals surface area (Å²) in [6.07, 6.45) is 6.57. The number of aromatic nitrogens is 2. The Balaban J connectivity index is 1.97. The molecule has 2 unspecified atom stereocenters. The molecule has 0 radical (unpaired) electrons. The van der Waals surface area contributed by atoms with Crippen LogP contribution in [-0.4, -0.2) is 27.6 Å². The number of rotatable bonds is 4. The molecule has 0 saturated heterocycles. The fourth-order valence-electron chi connectivity index (χ4n) is 2.38. The van der Waals surface area contributed by atoms with Gasteiger partial charge in [-0.1, -0.05) is 13.3 Å². The van der Waals surface area contributed by atoms with Gasteiger partial charge >= 0.3 is 5.97 Å². The second kappa shape index (κ2) is 5.12. The molecule has 0 amide bonds. The first-order valence-corrected chi connectivity index (χ1v) is 5.95. The normalized spacial score (nSPS) is 23.6. The van der Waals surface area contributed by atoms with Crippen molar-refractivity contribution in [2.24, 2.45) is 11.8 Å². The van der Waals surface area contributed by atoms with Gasteiger partial charge in [0, 0.05) is 18.9 Å². The Morgan fingerprint density at radius 2 is 2.24 bits per heavy atom. The minimum atomic E-state index is -1.04. The zero-order valence-corrected chi connectivity index (χ0v) is 9.89. The van der Waals surface area contributed by atoms with E-state index in [4.69, 9.17) is 5.11 Å². The molecule has 1 aliphatic carbocycles. The predicted octanol–water partition coefficient (Wildman–Crippen LogP) is 2.02. The van der Waals surface area contributed by atoms with E-state index in [0.717, 1.165) is 12.5 Å². The van der Waals surface area contributed by atoms with Crippen LogP contribution in [0.5, 0.6) is 0 Å². The standard InChI is InChI=1S/C12H17N3O2/c1-8-2-3-9(6-8)7-15-11-10(12(16)17)13-4-5-14-11/h4-5,8-9H,2-3,6-7H2,1H3,(H,14,15)(H,16,17). The fourth-order valence-corrected chi connectivity index (χ4v) is 2.38. The first kappa shape index (κ1) is 11.8. The molecule has 1 aromatic rings. The smallest absolute Gasteiger partial charge is 0.358 e. The van der Waals surface area contributed by atoms with Gasteiger partial charge in [0.05, 0.1) is 0 Å². The quantitative estimate of drug-likeness (QED) is 0.835. The lowest BCUT2D eigenvalue weighted by Gasteiger charge is -2.12. The molecule has 1 heterocycles. The lowest BCUT2D eigenvalue weighted by molar-refractivity contribution is 0.0691. The van der Waals surface area contributed by atoms with Gasteiger partial charge < -0.3 is 10.4 Å². The molecular weight excluding hydrogens is 218 g/mol. The summed E-state index contributed by atoms with van der Waals surface area (Å²) in [7, 11) is 0. The van der Waals surface area contributed by atoms with Crippen LogP contribution in [0.2, 0.25) is 0 Å². The Morgan fingerprint density at radius 3 is 2.88 bits per heavy atom. The van der Waals surface area contributed by atoms with Crippen molar-refractivity contribution in [3.63, 3.8) is 0 Å². The molecule has 17 heavy (non-hydrogen) atoms. The van der Waals surface area contributed by atoms with Gasteiger partial charge in [0.25, 0.3) is 0 Å². The van der Waals surface area contributed by atoms with Gasteiger partial charge in [0.2, 0.25) is 0 Å². The SMILES string of the molecule is CC1CCC(CNc2nccnc2C(=O)O)C1. The van der Waals surface area contributed by atoms with Crippen molar-refractivity contribution in [2.75, 3.05) is 11.9 Å². The summed E-state index contributed by atoms with van der Waals surface area (Å²) in [6, 6.07) is 0. The summed E-state index contributed by atoms with van der Waals surface area (Å²) in [5.41, 5.74) is -0.00135. The van der Waals surface area contributed by atoms with Gasteiger partial charge in [-0.2, -0.15) is 0 Å². The van der Waals surface area contributed by atoms with E-state index >= 15 is 0 Å². The molecule has 2 rings (SSSR count). The number of hydrogen-bond acceptors (Lipinski definition) is 4. The van der Waals surface area contributed by atoms with Gasteiger partial charge in [-0.3, -0.25) is 0 Å². The summed E-state index contributed by atoms with van der Waals surface area (Å²) >= 11 is 0. The third-order valence-corrected chi connectivity index (χ3v) is 3.26. The summed E-state index contributed by atoms with van der Waals surface area (Å²) in [5, 5.41) is 12.1. The summed E-state index contributed by atoms with van der Waals surface area (Å²) < 4.78 is 0. The Labute approximate surface area is 100 Å². The molecule has 0 spiro atoms. The van der Waals surface area contributed by atoms with Crippen LogP contribution in [0.4, 0.5) is 5.82 Å². The molecule has 92 valence electrons. The monoisotopic (exact) mass is 235 g/mol. The number of carboxylic acids is 1. The van der Waals surface area contributed by atoms with Crippen LogP contribution in [0.3, 0.4) is 0 Å². The Bertz CT molecular complexity index is 408. The van der Waals surface area contributed by atoms with Gasteiger partial charge in [-0.25, -0.2) is 14.8 Å². The summed E-state index contributed by atoms with van der Waals surface area (Å²) in [5.74, 6) is 0.733. The molecule has 1 saturated carbocycles. The number of carbonyl (C=O) groups is 1. The third kappa shape index (κ3) is 2.93. The van der Waals surface area contributed by atoms with Crippen LogP contribution in [0, 0.1) is 11.8 Å². The molecular formula is C12H17N3O2. The van der Waals surface area contributed by atoms with E-state index in [1.165, 1.54) is 31.7 Å². The first-order valence-electron chi connectivity index (χ1n) is 5.95. The van der Waals surface area contributed by atoms with Crippen molar-refractivity contribution >= 4 is 11.8 Å². The van der Waals surface area contributed by atoms with Crippen molar-refractivity contribution in [3.05, 3.63) is 18.1 Å². The number of nitrogens with zero attached hydrogens (tertiary/aromatic N) is 2. The Hall–Kier alpha value is -1.65. The molecule has 0 aliphatic heterocycles. The molecule has 1 aliphatic rings. The second-order valence-electron chi connectivity index (χ2n) is 4.72. The lowest BCUT2D eigenvalue weighted by atomic mass is 10.1. The summed E-state index contributed by atoms with van der Waals surface area (Å²) in [6.45, 7) is 3.04. The van der Waals surface area contributed by atoms with E-state index < -0.39 is 5.97 Å². The van der Waals surface area contributed by atoms with E-state index in [9.17, 15) is 4.79 Å². The van der Waals surface area contributed by atoms with E-state index in [2.05, 4.69) is 22.2 Å². The second-order valence-corrected chi connectivity index (χ2v) is 4.72. The van der Waals surface area contributed by atoms with Gasteiger partial charge in [0.15, 0.2) is 11.5 Å². The number of hydrogen-bond donors (Lipinski definition) is 2. The molecule has 2 atom stereocenters.